The Bertz CT molecular complexity index is 628. The van der Waals surface area contributed by atoms with Crippen molar-refractivity contribution in [2.75, 3.05) is 26.3 Å². The molecule has 3 aliphatic rings. The number of benzene rings is 1. The van der Waals surface area contributed by atoms with E-state index in [9.17, 15) is 9.18 Å². The third kappa shape index (κ3) is 3.55. The van der Waals surface area contributed by atoms with Gasteiger partial charge in [-0.1, -0.05) is 12.1 Å². The van der Waals surface area contributed by atoms with Gasteiger partial charge in [-0.15, -0.1) is 12.4 Å². The lowest BCUT2D eigenvalue weighted by Gasteiger charge is -2.39. The molecule has 4 rings (SSSR count). The van der Waals surface area contributed by atoms with Crippen LogP contribution in [-0.2, 0) is 15.1 Å². The normalized spacial score (nSPS) is 26.5. The second-order valence-corrected chi connectivity index (χ2v) is 7.56. The van der Waals surface area contributed by atoms with Crippen molar-refractivity contribution in [3.05, 3.63) is 35.6 Å². The molecule has 0 bridgehead atoms. The molecule has 2 N–H and O–H groups in total. The van der Waals surface area contributed by atoms with E-state index in [1.165, 1.54) is 6.07 Å². The van der Waals surface area contributed by atoms with E-state index in [1.807, 2.05) is 6.07 Å². The average Bonchev–Trinajstić information content (AvgIpc) is 3.29. The molecule has 1 atom stereocenters. The third-order valence-corrected chi connectivity index (χ3v) is 6.19. The first-order valence-corrected chi connectivity index (χ1v) is 9.00. The van der Waals surface area contributed by atoms with E-state index in [2.05, 4.69) is 10.6 Å². The molecule has 1 aromatic rings. The molecule has 4 nitrogen and oxygen atoms in total. The molecule has 0 aromatic heterocycles. The molecule has 1 aromatic carbocycles. The summed E-state index contributed by atoms with van der Waals surface area (Å²) in [5.41, 5.74) is 0.580. The number of hydrogen-bond acceptors (Lipinski definition) is 3. The summed E-state index contributed by atoms with van der Waals surface area (Å²) < 4.78 is 19.2. The molecule has 138 valence electrons. The summed E-state index contributed by atoms with van der Waals surface area (Å²) >= 11 is 0. The van der Waals surface area contributed by atoms with Crippen LogP contribution in [0.4, 0.5) is 4.39 Å². The van der Waals surface area contributed by atoms with Crippen LogP contribution in [0.25, 0.3) is 0 Å². The maximum absolute atomic E-state index is 13.7. The molecule has 3 fully saturated rings. The number of piperidine rings is 1. The van der Waals surface area contributed by atoms with Crippen LogP contribution in [0.3, 0.4) is 0 Å². The van der Waals surface area contributed by atoms with Crippen LogP contribution in [0.1, 0.15) is 37.7 Å². The highest BCUT2D eigenvalue weighted by molar-refractivity contribution is 5.85. The van der Waals surface area contributed by atoms with Crippen molar-refractivity contribution in [2.24, 2.45) is 11.3 Å². The predicted octanol–water partition coefficient (Wildman–Crippen LogP) is 2.76. The number of nitrogens with one attached hydrogen (secondary N) is 2. The monoisotopic (exact) mass is 368 g/mol. The van der Waals surface area contributed by atoms with Gasteiger partial charge in [0.2, 0.25) is 5.91 Å². The molecule has 1 saturated carbocycles. The number of carbonyl (C=O) groups excluding carboxylic acids is 1. The summed E-state index contributed by atoms with van der Waals surface area (Å²) in [4.78, 5) is 12.9. The fraction of sp³-hybridized carbons (Fsp3) is 0.632. The van der Waals surface area contributed by atoms with E-state index in [1.54, 1.807) is 12.1 Å². The van der Waals surface area contributed by atoms with Crippen molar-refractivity contribution in [1.82, 2.24) is 10.6 Å². The molecule has 1 aliphatic carbocycles. The SMILES string of the molecule is Cl.O=C(NC1(c2cccc(F)c2)CCOCC1)C1CC12CCNCC2. The first-order valence-electron chi connectivity index (χ1n) is 9.00. The smallest absolute Gasteiger partial charge is 0.224 e. The average molecular weight is 369 g/mol. The van der Waals surface area contributed by atoms with Gasteiger partial charge in [0.25, 0.3) is 0 Å². The van der Waals surface area contributed by atoms with E-state index in [-0.39, 0.29) is 35.5 Å². The topological polar surface area (TPSA) is 50.4 Å². The fourth-order valence-electron chi connectivity index (χ4n) is 4.51. The van der Waals surface area contributed by atoms with Crippen molar-refractivity contribution in [3.8, 4) is 0 Å². The maximum atomic E-state index is 13.7. The lowest BCUT2D eigenvalue weighted by atomic mass is 9.82. The zero-order valence-electron chi connectivity index (χ0n) is 14.4. The van der Waals surface area contributed by atoms with Gasteiger partial charge in [-0.25, -0.2) is 4.39 Å². The van der Waals surface area contributed by atoms with Crippen LogP contribution in [0, 0.1) is 17.2 Å². The summed E-state index contributed by atoms with van der Waals surface area (Å²) in [5, 5.41) is 6.67. The lowest BCUT2D eigenvalue weighted by molar-refractivity contribution is -0.126. The summed E-state index contributed by atoms with van der Waals surface area (Å²) in [6, 6.07) is 6.64. The number of ether oxygens (including phenoxy) is 1. The van der Waals surface area contributed by atoms with E-state index >= 15 is 0 Å². The summed E-state index contributed by atoms with van der Waals surface area (Å²) in [6.07, 6.45) is 4.56. The molecular weight excluding hydrogens is 343 g/mol. The van der Waals surface area contributed by atoms with Crippen LogP contribution in [0.15, 0.2) is 24.3 Å². The Labute approximate surface area is 154 Å². The molecule has 2 saturated heterocycles. The largest absolute Gasteiger partial charge is 0.381 e. The molecule has 6 heteroatoms. The van der Waals surface area contributed by atoms with E-state index in [4.69, 9.17) is 4.74 Å². The third-order valence-electron chi connectivity index (χ3n) is 6.19. The minimum absolute atomic E-state index is 0. The van der Waals surface area contributed by atoms with Crippen LogP contribution in [0.2, 0.25) is 0 Å². The number of hydrogen-bond donors (Lipinski definition) is 2. The Kier molecular flexibility index (Phi) is 5.37. The molecule has 2 aliphatic heterocycles. The Balaban J connectivity index is 0.00000182. The number of halogens is 2. The number of carbonyl (C=O) groups is 1. The van der Waals surface area contributed by atoms with Gasteiger partial charge < -0.3 is 15.4 Å². The van der Waals surface area contributed by atoms with Crippen molar-refractivity contribution >= 4 is 18.3 Å². The minimum Gasteiger partial charge on any atom is -0.381 e. The summed E-state index contributed by atoms with van der Waals surface area (Å²) in [6.45, 7) is 3.20. The molecule has 1 amide bonds. The van der Waals surface area contributed by atoms with Gasteiger partial charge in [-0.05, 0) is 68.3 Å². The minimum atomic E-state index is -0.492. The Hall–Kier alpha value is -1.17. The van der Waals surface area contributed by atoms with Crippen LogP contribution in [-0.4, -0.2) is 32.2 Å². The molecule has 0 radical (unpaired) electrons. The van der Waals surface area contributed by atoms with E-state index in [0.717, 1.165) is 37.9 Å². The highest BCUT2D eigenvalue weighted by Gasteiger charge is 2.58. The van der Waals surface area contributed by atoms with Gasteiger partial charge in [0.1, 0.15) is 5.82 Å². The molecule has 2 heterocycles. The molecule has 25 heavy (non-hydrogen) atoms. The van der Waals surface area contributed by atoms with E-state index < -0.39 is 5.54 Å². The Morgan fingerprint density at radius 3 is 2.60 bits per heavy atom. The van der Waals surface area contributed by atoms with Gasteiger partial charge >= 0.3 is 0 Å². The van der Waals surface area contributed by atoms with Gasteiger partial charge in [-0.3, -0.25) is 4.79 Å². The summed E-state index contributed by atoms with van der Waals surface area (Å²) in [5.74, 6) is 0.00445. The first kappa shape index (κ1) is 18.6. The Morgan fingerprint density at radius 2 is 1.92 bits per heavy atom. The quantitative estimate of drug-likeness (QED) is 0.862. The van der Waals surface area contributed by atoms with Crippen molar-refractivity contribution in [2.45, 2.75) is 37.6 Å². The highest BCUT2D eigenvalue weighted by Crippen LogP contribution is 2.58. The van der Waals surface area contributed by atoms with Gasteiger partial charge in [0, 0.05) is 19.1 Å². The second-order valence-electron chi connectivity index (χ2n) is 7.56. The maximum Gasteiger partial charge on any atom is 0.224 e. The zero-order chi connectivity index (χ0) is 16.6. The van der Waals surface area contributed by atoms with Crippen LogP contribution >= 0.6 is 12.4 Å². The zero-order valence-corrected chi connectivity index (χ0v) is 15.2. The van der Waals surface area contributed by atoms with Gasteiger partial charge in [0.15, 0.2) is 0 Å². The van der Waals surface area contributed by atoms with Crippen LogP contribution in [0.5, 0.6) is 0 Å². The van der Waals surface area contributed by atoms with Gasteiger partial charge in [-0.2, -0.15) is 0 Å². The summed E-state index contributed by atoms with van der Waals surface area (Å²) in [7, 11) is 0. The van der Waals surface area contributed by atoms with Crippen molar-refractivity contribution in [1.29, 1.82) is 0 Å². The number of rotatable bonds is 3. The molecule has 1 spiro atoms. The van der Waals surface area contributed by atoms with Gasteiger partial charge in [0.05, 0.1) is 5.54 Å². The molecular formula is C19H26ClFN2O2. The fourth-order valence-corrected chi connectivity index (χ4v) is 4.51. The first-order chi connectivity index (χ1) is 11.6. The van der Waals surface area contributed by atoms with Crippen molar-refractivity contribution in [3.63, 3.8) is 0 Å². The van der Waals surface area contributed by atoms with Crippen molar-refractivity contribution < 1.29 is 13.9 Å². The lowest BCUT2D eigenvalue weighted by Crippen LogP contribution is -2.50. The van der Waals surface area contributed by atoms with Crippen LogP contribution < -0.4 is 10.6 Å². The molecule has 1 unspecified atom stereocenters. The predicted molar refractivity (Wildman–Crippen MR) is 96.2 cm³/mol. The number of amides is 1. The Morgan fingerprint density at radius 1 is 1.20 bits per heavy atom. The van der Waals surface area contributed by atoms with E-state index in [0.29, 0.717) is 26.1 Å². The standard InChI is InChI=1S/C19H25FN2O2.ClH/c20-15-3-1-2-14(12-15)19(6-10-24-11-7-19)22-17(23)16-13-18(16)4-8-21-9-5-18;/h1-3,12,16,21H,4-11,13H2,(H,22,23);1H. The highest BCUT2D eigenvalue weighted by atomic mass is 35.5. The second kappa shape index (κ2) is 7.22.